The Kier molecular flexibility index (Phi) is 14.2. The number of fused-ring (bicyclic) bond motifs is 7. The van der Waals surface area contributed by atoms with Gasteiger partial charge in [0.25, 0.3) is 0 Å². The Balaban J connectivity index is 0.000000395. The minimum absolute atomic E-state index is 0.155. The lowest BCUT2D eigenvalue weighted by Crippen LogP contribution is -2.81. The van der Waals surface area contributed by atoms with Gasteiger partial charge in [-0.05, 0) is 74.2 Å². The number of rotatable bonds is 8. The molecule has 6 aliphatic rings. The molecule has 2 bridgehead atoms. The van der Waals surface area contributed by atoms with Crippen molar-refractivity contribution in [2.75, 3.05) is 59.0 Å². The summed E-state index contributed by atoms with van der Waals surface area (Å²) < 4.78 is 55.8. The van der Waals surface area contributed by atoms with Crippen molar-refractivity contribution in [3.63, 3.8) is 0 Å². The normalized spacial score (nSPS) is 31.3. The number of benzene rings is 2. The van der Waals surface area contributed by atoms with E-state index in [0.717, 1.165) is 27.6 Å². The van der Waals surface area contributed by atoms with Gasteiger partial charge in [-0.3, -0.25) is 33.3 Å². The Bertz CT molecular complexity index is 3260. The number of aromatic amines is 3. The van der Waals surface area contributed by atoms with Crippen LogP contribution < -0.4 is 9.64 Å². The Morgan fingerprint density at radius 1 is 0.947 bits per heavy atom. The average Bonchev–Trinajstić information content (AvgIpc) is 4.36. The van der Waals surface area contributed by atoms with Crippen molar-refractivity contribution in [1.29, 1.82) is 0 Å². The van der Waals surface area contributed by atoms with Crippen LogP contribution in [0, 0.1) is 16.0 Å². The lowest BCUT2D eigenvalue weighted by Gasteiger charge is -2.63. The number of nitrogens with one attached hydrogen (secondary N) is 3. The molecule has 11 rings (SSSR count). The molecule has 402 valence electrons. The van der Waals surface area contributed by atoms with Crippen LogP contribution in [0.3, 0.4) is 0 Å². The number of para-hydroxylation sites is 1. The van der Waals surface area contributed by atoms with E-state index in [2.05, 4.69) is 40.8 Å². The third kappa shape index (κ3) is 8.53. The number of amides is 1. The molecular weight excluding hydrogens is 1010 g/mol. The predicted molar refractivity (Wildman–Crippen MR) is 274 cm³/mol. The molecule has 1 amide bonds. The first-order valence-corrected chi connectivity index (χ1v) is 26.5. The van der Waals surface area contributed by atoms with E-state index in [4.69, 9.17) is 48.7 Å². The van der Waals surface area contributed by atoms with E-state index in [1.165, 1.54) is 39.5 Å². The number of hydrogen-bond donors (Lipinski definition) is 7. The highest BCUT2D eigenvalue weighted by Gasteiger charge is 2.81. The number of carbonyl (C=O) groups is 4. The zero-order valence-electron chi connectivity index (χ0n) is 42.4. The van der Waals surface area contributed by atoms with Gasteiger partial charge in [0.15, 0.2) is 16.4 Å². The van der Waals surface area contributed by atoms with Gasteiger partial charge in [0.1, 0.15) is 16.7 Å². The maximum absolute atomic E-state index is 15.3. The summed E-state index contributed by atoms with van der Waals surface area (Å²) in [6.07, 6.45) is 8.95. The van der Waals surface area contributed by atoms with E-state index in [1.54, 1.807) is 12.4 Å². The molecule has 2 saturated heterocycles. The number of anilines is 1. The topological polar surface area (TPSA) is 303 Å². The van der Waals surface area contributed by atoms with Crippen LogP contribution in [0.1, 0.15) is 75.3 Å². The van der Waals surface area contributed by atoms with E-state index < -0.39 is 73.9 Å². The van der Waals surface area contributed by atoms with Crippen molar-refractivity contribution in [3.8, 4) is 5.75 Å². The summed E-state index contributed by atoms with van der Waals surface area (Å²) in [4.78, 5) is 79.7. The quantitative estimate of drug-likeness (QED) is 0.0290. The summed E-state index contributed by atoms with van der Waals surface area (Å²) in [7, 11) is -0.577. The van der Waals surface area contributed by atoms with E-state index in [9.17, 15) is 24.6 Å². The van der Waals surface area contributed by atoms with Gasteiger partial charge < -0.3 is 49.0 Å². The zero-order chi connectivity index (χ0) is 54.0. The molecule has 22 nitrogen and oxygen atoms in total. The Morgan fingerprint density at radius 2 is 1.67 bits per heavy atom. The second-order valence-corrected chi connectivity index (χ2v) is 21.7. The van der Waals surface area contributed by atoms with Crippen LogP contribution in [-0.2, 0) is 61.0 Å². The van der Waals surface area contributed by atoms with Crippen LogP contribution in [0.5, 0.6) is 5.75 Å². The van der Waals surface area contributed by atoms with E-state index in [-0.39, 0.29) is 12.3 Å². The van der Waals surface area contributed by atoms with E-state index in [1.807, 2.05) is 50.3 Å². The fraction of sp³-hybridized carbons (Fsp3) is 0.510. The SMILES string of the molecule is CC[C@]1(O)C[C@H]2CN(CCc3c([nH]c4ccccc34)[C@@](C(=O)OC)(c3cc4c(cc3OC)N(C=O)[C@H]3[C@@](O)(C(=O)OC)[C@H](OC(C)=O)[C@]5(CC)C=CCN6CC[C@]43[C@@H]65)C2)C1.O=S(=O)(O)O.S=c1nc[nH]c2nc[nH]c12. The van der Waals surface area contributed by atoms with Crippen LogP contribution in [0.2, 0.25) is 0 Å². The first-order valence-electron chi connectivity index (χ1n) is 24.7. The number of ether oxygens (including phenoxy) is 4. The number of aromatic nitrogens is 5. The summed E-state index contributed by atoms with van der Waals surface area (Å²) >= 11 is 4.91. The van der Waals surface area contributed by atoms with Crippen LogP contribution >= 0.6 is 12.2 Å². The molecule has 10 atom stereocenters. The molecule has 1 saturated carbocycles. The van der Waals surface area contributed by atoms with Gasteiger partial charge in [-0.2, -0.15) is 8.42 Å². The number of piperidine rings is 1. The maximum Gasteiger partial charge on any atom is 0.394 e. The number of imidazole rings is 1. The molecule has 3 aromatic heterocycles. The van der Waals surface area contributed by atoms with Gasteiger partial charge >= 0.3 is 28.3 Å². The zero-order valence-corrected chi connectivity index (χ0v) is 44.0. The van der Waals surface area contributed by atoms with Crippen molar-refractivity contribution >= 4 is 74.7 Å². The van der Waals surface area contributed by atoms with Crippen molar-refractivity contribution in [2.24, 2.45) is 11.3 Å². The third-order valence-electron chi connectivity index (χ3n) is 16.7. The lowest BCUT2D eigenvalue weighted by atomic mass is 9.47. The first-order chi connectivity index (χ1) is 35.6. The molecule has 5 aromatic rings. The molecule has 24 heteroatoms. The maximum atomic E-state index is 15.3. The van der Waals surface area contributed by atoms with E-state index >= 15 is 4.79 Å². The van der Waals surface area contributed by atoms with Gasteiger partial charge in [-0.1, -0.05) is 56.4 Å². The fourth-order valence-electron chi connectivity index (χ4n) is 14.1. The third-order valence-corrected chi connectivity index (χ3v) is 17.0. The second kappa shape index (κ2) is 19.8. The number of carbonyl (C=O) groups excluding carboxylic acids is 4. The fourth-order valence-corrected chi connectivity index (χ4v) is 14.4. The van der Waals surface area contributed by atoms with Crippen molar-refractivity contribution in [1.82, 2.24) is 34.7 Å². The minimum atomic E-state index is -4.67. The molecule has 1 unspecified atom stereocenters. The van der Waals surface area contributed by atoms with Gasteiger partial charge in [-0.15, -0.1) is 0 Å². The Hall–Kier alpha value is -6.12. The van der Waals surface area contributed by atoms with Crippen LogP contribution in [-0.4, -0.2) is 170 Å². The molecule has 7 N–H and O–H groups in total. The summed E-state index contributed by atoms with van der Waals surface area (Å²) in [5.74, 6) is -2.06. The van der Waals surface area contributed by atoms with Gasteiger partial charge in [0.2, 0.25) is 12.0 Å². The molecule has 75 heavy (non-hydrogen) atoms. The number of esters is 3. The van der Waals surface area contributed by atoms with Crippen LogP contribution in [0.4, 0.5) is 5.69 Å². The van der Waals surface area contributed by atoms with Crippen molar-refractivity contribution in [2.45, 2.75) is 99.5 Å². The monoisotopic (exact) mass is 1070 g/mol. The Morgan fingerprint density at radius 3 is 2.32 bits per heavy atom. The molecule has 0 radical (unpaired) electrons. The smallest absolute Gasteiger partial charge is 0.394 e. The van der Waals surface area contributed by atoms with Crippen LogP contribution in [0.25, 0.3) is 22.1 Å². The molecule has 5 aliphatic heterocycles. The lowest BCUT2D eigenvalue weighted by molar-refractivity contribution is -0.228. The number of aliphatic hydroxyl groups is 2. The number of nitrogens with zero attached hydrogens (tertiary/aromatic N) is 5. The van der Waals surface area contributed by atoms with Gasteiger partial charge in [0.05, 0.1) is 51.3 Å². The second-order valence-electron chi connectivity index (χ2n) is 20.4. The van der Waals surface area contributed by atoms with Crippen molar-refractivity contribution < 1.29 is 65.9 Å². The van der Waals surface area contributed by atoms with E-state index in [0.29, 0.717) is 104 Å². The largest absolute Gasteiger partial charge is 0.496 e. The van der Waals surface area contributed by atoms with Gasteiger partial charge in [-0.25, -0.2) is 14.8 Å². The average molecular weight is 1080 g/mol. The highest BCUT2D eigenvalue weighted by molar-refractivity contribution is 7.79. The summed E-state index contributed by atoms with van der Waals surface area (Å²) in [6, 6.07) is 9.97. The van der Waals surface area contributed by atoms with Crippen LogP contribution in [0.15, 0.2) is 61.2 Å². The molecule has 3 fully saturated rings. The minimum Gasteiger partial charge on any atom is -0.496 e. The molecular formula is C51H62N8O14S2. The molecule has 2 aromatic carbocycles. The van der Waals surface area contributed by atoms with Crippen molar-refractivity contribution in [3.05, 3.63) is 88.2 Å². The predicted octanol–water partition coefficient (Wildman–Crippen LogP) is 3.88. The summed E-state index contributed by atoms with van der Waals surface area (Å²) in [5, 5.41) is 26.3. The molecule has 1 spiro atoms. The molecule has 1 aliphatic carbocycles. The first kappa shape index (κ1) is 53.7. The standard InChI is InChI=1S/C46H56N4O10.C5H4N4S.H2O4S/c1-7-42(55)22-28-23-45(40(53)58-5,36-30(14-18-48(24-28)25-42)29-12-9-10-13-33(29)47-36)32-20-31-34(21-35(32)57-4)50(26-51)38-44(31)16-19-49-17-11-15-43(8-2,37(44)49)39(60-27(3)52)46(38,56)41(54)59-6;10-5-3-4(7-1-6-3)8-2-9-5;1-5(2,3)4/h9-13,15,20-21,26,28,37-39,47,55-56H,7-8,14,16-19,22-25H2,1-6H3;1-2H,(H2,6,7,8,9,10);(H2,1,2,3,4)/t28-,37+,38-,39-,42+,43-,44-,45+,46+;;/m1../s1. The summed E-state index contributed by atoms with van der Waals surface area (Å²) in [5.41, 5.74) is -1.61. The number of methoxy groups -OCH3 is 3. The number of H-pyrrole nitrogens is 3. The highest BCUT2D eigenvalue weighted by Crippen LogP contribution is 2.68. The summed E-state index contributed by atoms with van der Waals surface area (Å²) in [6.45, 7) is 8.16. The molecule has 8 heterocycles. The van der Waals surface area contributed by atoms with Gasteiger partial charge in [0, 0.05) is 78.2 Å². The number of hydrogen-bond acceptors (Lipinski definition) is 17. The highest BCUT2D eigenvalue weighted by atomic mass is 32.3. The Labute approximate surface area is 437 Å².